The van der Waals surface area contributed by atoms with Crippen molar-refractivity contribution in [1.29, 1.82) is 0 Å². The van der Waals surface area contributed by atoms with Gasteiger partial charge in [-0.15, -0.1) is 0 Å². The molecule has 0 radical (unpaired) electrons. The second-order valence-electron chi connectivity index (χ2n) is 5.71. The summed E-state index contributed by atoms with van der Waals surface area (Å²) in [5, 5.41) is 3.53. The van der Waals surface area contributed by atoms with Crippen LogP contribution in [0, 0.1) is 0 Å². The first-order chi connectivity index (χ1) is 9.78. The van der Waals surface area contributed by atoms with E-state index in [4.69, 9.17) is 9.47 Å². The third kappa shape index (κ3) is 2.96. The molecule has 1 aliphatic heterocycles. The Morgan fingerprint density at radius 3 is 2.60 bits per heavy atom. The molecule has 1 aromatic carbocycles. The first-order valence-corrected chi connectivity index (χ1v) is 8.34. The van der Waals surface area contributed by atoms with Crippen LogP contribution in [0.3, 0.4) is 0 Å². The lowest BCUT2D eigenvalue weighted by Gasteiger charge is -2.20. The minimum absolute atomic E-state index is 0.343. The van der Waals surface area contributed by atoms with E-state index >= 15 is 0 Å². The lowest BCUT2D eigenvalue weighted by Crippen LogP contribution is -2.15. The third-order valence-corrected chi connectivity index (χ3v) is 4.89. The van der Waals surface area contributed by atoms with Crippen molar-refractivity contribution >= 4 is 15.9 Å². The molecule has 20 heavy (non-hydrogen) atoms. The van der Waals surface area contributed by atoms with Gasteiger partial charge in [-0.1, -0.05) is 0 Å². The van der Waals surface area contributed by atoms with Crippen LogP contribution in [0.5, 0.6) is 11.5 Å². The van der Waals surface area contributed by atoms with Crippen LogP contribution in [0.15, 0.2) is 16.6 Å². The lowest BCUT2D eigenvalue weighted by molar-refractivity contribution is 0.199. The molecule has 0 spiro atoms. The minimum Gasteiger partial charge on any atom is -0.493 e. The van der Waals surface area contributed by atoms with E-state index in [0.717, 1.165) is 35.4 Å². The number of hydrogen-bond acceptors (Lipinski definition) is 3. The van der Waals surface area contributed by atoms with Gasteiger partial charge in [0.15, 0.2) is 11.5 Å². The van der Waals surface area contributed by atoms with Gasteiger partial charge in [-0.3, -0.25) is 0 Å². The van der Waals surface area contributed by atoms with Crippen molar-refractivity contribution in [3.63, 3.8) is 0 Å². The van der Waals surface area contributed by atoms with Gasteiger partial charge in [-0.05, 0) is 78.7 Å². The lowest BCUT2D eigenvalue weighted by atomic mass is 10.0. The largest absolute Gasteiger partial charge is 0.493 e. The fourth-order valence-electron chi connectivity index (χ4n) is 3.20. The molecule has 110 valence electrons. The van der Waals surface area contributed by atoms with E-state index in [1.54, 1.807) is 7.11 Å². The van der Waals surface area contributed by atoms with Crippen LogP contribution in [-0.4, -0.2) is 19.8 Å². The van der Waals surface area contributed by atoms with E-state index < -0.39 is 0 Å². The number of ether oxygens (including phenoxy) is 2. The van der Waals surface area contributed by atoms with Gasteiger partial charge in [0.2, 0.25) is 0 Å². The molecular weight excluding hydrogens is 318 g/mol. The van der Waals surface area contributed by atoms with Gasteiger partial charge in [0.25, 0.3) is 0 Å². The Morgan fingerprint density at radius 2 is 1.95 bits per heavy atom. The summed E-state index contributed by atoms with van der Waals surface area (Å²) in [6.07, 6.45) is 7.63. The summed E-state index contributed by atoms with van der Waals surface area (Å²) in [6, 6.07) is 4.74. The zero-order chi connectivity index (χ0) is 13.9. The van der Waals surface area contributed by atoms with Crippen LogP contribution >= 0.6 is 15.9 Å². The fraction of sp³-hybridized carbons (Fsp3) is 0.625. The van der Waals surface area contributed by atoms with Gasteiger partial charge in [-0.25, -0.2) is 0 Å². The molecule has 1 N–H and O–H groups in total. The highest BCUT2D eigenvalue weighted by molar-refractivity contribution is 9.10. The summed E-state index contributed by atoms with van der Waals surface area (Å²) in [5.41, 5.74) is 1.28. The van der Waals surface area contributed by atoms with Gasteiger partial charge >= 0.3 is 0 Å². The predicted octanol–water partition coefficient (Wildman–Crippen LogP) is 4.20. The second kappa shape index (κ2) is 6.35. The Morgan fingerprint density at radius 1 is 1.15 bits per heavy atom. The van der Waals surface area contributed by atoms with Crippen molar-refractivity contribution in [3.8, 4) is 11.5 Å². The smallest absolute Gasteiger partial charge is 0.175 e. The molecule has 1 atom stereocenters. The average molecular weight is 340 g/mol. The van der Waals surface area contributed by atoms with Crippen molar-refractivity contribution in [2.24, 2.45) is 0 Å². The standard InChI is InChI=1S/C16H22BrNO2/c1-19-15-10-11(14-7-4-8-18-14)9-13(17)16(15)20-12-5-2-3-6-12/h9-10,12,14,18H,2-8H2,1H3. The molecule has 3 nitrogen and oxygen atoms in total. The molecule has 0 bridgehead atoms. The number of hydrogen-bond donors (Lipinski definition) is 1. The number of halogens is 1. The number of benzene rings is 1. The Hall–Kier alpha value is -0.740. The van der Waals surface area contributed by atoms with Crippen LogP contribution in [-0.2, 0) is 0 Å². The van der Waals surface area contributed by atoms with Crippen LogP contribution in [0.1, 0.15) is 50.1 Å². The molecule has 1 aliphatic carbocycles. The maximum absolute atomic E-state index is 6.15. The second-order valence-corrected chi connectivity index (χ2v) is 6.56. The molecule has 0 amide bonds. The van der Waals surface area contributed by atoms with Gasteiger partial charge in [0, 0.05) is 6.04 Å². The molecule has 2 fully saturated rings. The number of rotatable bonds is 4. The van der Waals surface area contributed by atoms with E-state index in [0.29, 0.717) is 12.1 Å². The zero-order valence-corrected chi connectivity index (χ0v) is 13.5. The van der Waals surface area contributed by atoms with E-state index in [1.165, 1.54) is 31.2 Å². The van der Waals surface area contributed by atoms with Gasteiger partial charge < -0.3 is 14.8 Å². The quantitative estimate of drug-likeness (QED) is 0.891. The van der Waals surface area contributed by atoms with Gasteiger partial charge in [-0.2, -0.15) is 0 Å². The van der Waals surface area contributed by atoms with Crippen LogP contribution in [0.2, 0.25) is 0 Å². The van der Waals surface area contributed by atoms with Crippen LogP contribution < -0.4 is 14.8 Å². The van der Waals surface area contributed by atoms with Gasteiger partial charge in [0.05, 0.1) is 17.7 Å². The maximum Gasteiger partial charge on any atom is 0.175 e. The Labute approximate surface area is 129 Å². The summed E-state index contributed by atoms with van der Waals surface area (Å²) < 4.78 is 12.7. The summed E-state index contributed by atoms with van der Waals surface area (Å²) >= 11 is 3.66. The topological polar surface area (TPSA) is 30.5 Å². The highest BCUT2D eigenvalue weighted by Crippen LogP contribution is 2.41. The normalized spacial score (nSPS) is 23.2. The Balaban J connectivity index is 1.85. The molecular formula is C16H22BrNO2. The Bertz CT molecular complexity index is 466. The average Bonchev–Trinajstić information content (AvgIpc) is 3.13. The third-order valence-electron chi connectivity index (χ3n) is 4.30. The summed E-state index contributed by atoms with van der Waals surface area (Å²) in [4.78, 5) is 0. The van der Waals surface area contributed by atoms with Crippen LogP contribution in [0.4, 0.5) is 0 Å². The van der Waals surface area contributed by atoms with Crippen molar-refractivity contribution in [1.82, 2.24) is 5.32 Å². The molecule has 3 rings (SSSR count). The molecule has 4 heteroatoms. The van der Waals surface area contributed by atoms with Crippen molar-refractivity contribution in [2.75, 3.05) is 13.7 Å². The monoisotopic (exact) mass is 339 g/mol. The highest BCUT2D eigenvalue weighted by atomic mass is 79.9. The maximum atomic E-state index is 6.15. The van der Waals surface area contributed by atoms with Crippen molar-refractivity contribution in [3.05, 3.63) is 22.2 Å². The predicted molar refractivity (Wildman–Crippen MR) is 83.6 cm³/mol. The molecule has 1 saturated carbocycles. The molecule has 1 aromatic rings. The van der Waals surface area contributed by atoms with E-state index in [-0.39, 0.29) is 0 Å². The summed E-state index contributed by atoms with van der Waals surface area (Å²) in [5.74, 6) is 1.70. The Kier molecular flexibility index (Phi) is 4.51. The first kappa shape index (κ1) is 14.2. The fourth-order valence-corrected chi connectivity index (χ4v) is 3.75. The first-order valence-electron chi connectivity index (χ1n) is 7.55. The van der Waals surface area contributed by atoms with E-state index in [1.807, 2.05) is 0 Å². The molecule has 1 saturated heterocycles. The molecule has 1 heterocycles. The summed E-state index contributed by atoms with van der Waals surface area (Å²) in [7, 11) is 1.72. The number of methoxy groups -OCH3 is 1. The summed E-state index contributed by atoms with van der Waals surface area (Å²) in [6.45, 7) is 1.10. The molecule has 1 unspecified atom stereocenters. The SMILES string of the molecule is COc1cc(C2CCCN2)cc(Br)c1OC1CCCC1. The van der Waals surface area contributed by atoms with Crippen molar-refractivity contribution < 1.29 is 9.47 Å². The zero-order valence-electron chi connectivity index (χ0n) is 12.0. The molecule has 0 aromatic heterocycles. The highest BCUT2D eigenvalue weighted by Gasteiger charge is 2.23. The van der Waals surface area contributed by atoms with Crippen molar-refractivity contribution in [2.45, 2.75) is 50.7 Å². The number of nitrogens with one attached hydrogen (secondary N) is 1. The van der Waals surface area contributed by atoms with E-state index in [9.17, 15) is 0 Å². The van der Waals surface area contributed by atoms with Crippen LogP contribution in [0.25, 0.3) is 0 Å². The van der Waals surface area contributed by atoms with E-state index in [2.05, 4.69) is 33.4 Å². The minimum atomic E-state index is 0.343. The molecule has 2 aliphatic rings. The van der Waals surface area contributed by atoms with Gasteiger partial charge in [0.1, 0.15) is 0 Å².